The fourth-order valence-electron chi connectivity index (χ4n) is 4.64. The van der Waals surface area contributed by atoms with Crippen molar-refractivity contribution in [2.24, 2.45) is 0 Å². The maximum Gasteiger partial charge on any atom is 0.416 e. The molecule has 1 aliphatic rings. The van der Waals surface area contributed by atoms with Crippen molar-refractivity contribution >= 4 is 11.9 Å². The molecule has 1 N–H and O–H groups in total. The number of aryl methyl sites for hydroxylation is 2. The molecule has 7 nitrogen and oxygen atoms in total. The van der Waals surface area contributed by atoms with Gasteiger partial charge in [-0.2, -0.15) is 18.3 Å². The molecule has 196 valence electrons. The highest BCUT2D eigenvalue weighted by Gasteiger charge is 2.38. The van der Waals surface area contributed by atoms with Crippen LogP contribution in [0.15, 0.2) is 54.6 Å². The predicted molar refractivity (Wildman–Crippen MR) is 131 cm³/mol. The number of rotatable bonds is 7. The Balaban J connectivity index is 1.39. The van der Waals surface area contributed by atoms with Crippen LogP contribution in [0.25, 0.3) is 0 Å². The number of esters is 1. The number of hydrogen-bond donors (Lipinski definition) is 1. The number of likely N-dealkylation sites (tertiary alicyclic amines) is 1. The van der Waals surface area contributed by atoms with Crippen LogP contribution < -0.4 is 5.32 Å². The van der Waals surface area contributed by atoms with Crippen LogP contribution in [0.5, 0.6) is 0 Å². The van der Waals surface area contributed by atoms with Crippen molar-refractivity contribution in [3.05, 3.63) is 88.2 Å². The molecule has 1 aromatic heterocycles. The van der Waals surface area contributed by atoms with Crippen molar-refractivity contribution < 1.29 is 27.5 Å². The molecule has 0 bridgehead atoms. The third-order valence-corrected chi connectivity index (χ3v) is 6.53. The number of methoxy groups -OCH3 is 1. The molecule has 3 aromatic rings. The summed E-state index contributed by atoms with van der Waals surface area (Å²) in [5, 5.41) is 7.43. The number of alkyl halides is 3. The Kier molecular flexibility index (Phi) is 7.68. The largest absolute Gasteiger partial charge is 0.468 e. The molecule has 1 saturated heterocycles. The van der Waals surface area contributed by atoms with E-state index < -0.39 is 23.8 Å². The zero-order valence-electron chi connectivity index (χ0n) is 20.9. The highest BCUT2D eigenvalue weighted by atomic mass is 19.4. The zero-order valence-corrected chi connectivity index (χ0v) is 20.9. The first-order chi connectivity index (χ1) is 17.5. The van der Waals surface area contributed by atoms with Crippen LogP contribution in [0.2, 0.25) is 0 Å². The normalized spacial score (nSPS) is 18.1. The summed E-state index contributed by atoms with van der Waals surface area (Å²) in [7, 11) is 1.29. The first-order valence-corrected chi connectivity index (χ1v) is 11.9. The van der Waals surface area contributed by atoms with Gasteiger partial charge in [-0.25, -0.2) is 0 Å². The van der Waals surface area contributed by atoms with Gasteiger partial charge in [-0.1, -0.05) is 24.3 Å². The second kappa shape index (κ2) is 10.8. The second-order valence-corrected chi connectivity index (χ2v) is 9.35. The molecule has 2 atom stereocenters. The predicted octanol–water partition coefficient (Wildman–Crippen LogP) is 4.11. The van der Waals surface area contributed by atoms with Crippen LogP contribution in [0.3, 0.4) is 0 Å². The Morgan fingerprint density at radius 3 is 2.22 bits per heavy atom. The maximum atomic E-state index is 12.9. The van der Waals surface area contributed by atoms with E-state index in [0.717, 1.165) is 29.1 Å². The summed E-state index contributed by atoms with van der Waals surface area (Å²) in [4.78, 5) is 27.1. The molecular weight excluding hydrogens is 485 g/mol. The lowest BCUT2D eigenvalue weighted by molar-refractivity contribution is -0.146. The molecule has 37 heavy (non-hydrogen) atoms. The van der Waals surface area contributed by atoms with Crippen molar-refractivity contribution in [2.45, 2.75) is 51.6 Å². The highest BCUT2D eigenvalue weighted by molar-refractivity contribution is 5.94. The second-order valence-electron chi connectivity index (χ2n) is 9.35. The van der Waals surface area contributed by atoms with Crippen molar-refractivity contribution in [1.82, 2.24) is 20.0 Å². The number of amides is 1. The van der Waals surface area contributed by atoms with Gasteiger partial charge < -0.3 is 10.1 Å². The van der Waals surface area contributed by atoms with Gasteiger partial charge in [0.05, 0.1) is 24.9 Å². The van der Waals surface area contributed by atoms with E-state index in [-0.39, 0.29) is 18.5 Å². The Labute approximate surface area is 213 Å². The van der Waals surface area contributed by atoms with Gasteiger partial charge in [-0.15, -0.1) is 0 Å². The average Bonchev–Trinajstić information content (AvgIpc) is 3.39. The standard InChI is InChI=1S/C27H29F3N4O3/c1-17-12-18(2)34(32-17)15-20-4-8-21(9-5-20)25(35)31-23-13-24(26(36)37-3)33(16-23)14-19-6-10-22(11-7-19)27(28,29)30/h4-12,23-24H,13-16H2,1-3H3,(H,31,35)/t23-,24+/m1/s1. The number of nitrogens with zero attached hydrogens (tertiary/aromatic N) is 3. The number of halogens is 3. The van der Waals surface area contributed by atoms with Crippen molar-refractivity contribution in [2.75, 3.05) is 13.7 Å². The molecule has 2 heterocycles. The van der Waals surface area contributed by atoms with Crippen molar-refractivity contribution in [3.8, 4) is 0 Å². The number of nitrogens with one attached hydrogen (secondary N) is 1. The summed E-state index contributed by atoms with van der Waals surface area (Å²) in [5.74, 6) is -0.708. The molecular formula is C27H29F3N4O3. The third-order valence-electron chi connectivity index (χ3n) is 6.53. The van der Waals surface area contributed by atoms with E-state index in [4.69, 9.17) is 4.74 Å². The summed E-state index contributed by atoms with van der Waals surface area (Å²) in [6.45, 7) is 5.15. The minimum Gasteiger partial charge on any atom is -0.468 e. The number of hydrogen-bond acceptors (Lipinski definition) is 5. The van der Waals surface area contributed by atoms with E-state index >= 15 is 0 Å². The molecule has 10 heteroatoms. The Morgan fingerprint density at radius 2 is 1.65 bits per heavy atom. The summed E-state index contributed by atoms with van der Waals surface area (Å²) < 4.78 is 45.4. The Bertz CT molecular complexity index is 1250. The van der Waals surface area contributed by atoms with E-state index in [0.29, 0.717) is 30.6 Å². The summed E-state index contributed by atoms with van der Waals surface area (Å²) >= 11 is 0. The number of carbonyl (C=O) groups excluding carboxylic acids is 2. The van der Waals surface area contributed by atoms with Crippen LogP contribution in [0.4, 0.5) is 13.2 Å². The number of ether oxygens (including phenoxy) is 1. The molecule has 1 amide bonds. The third kappa shape index (κ3) is 6.37. The average molecular weight is 515 g/mol. The molecule has 4 rings (SSSR count). The molecule has 1 aliphatic heterocycles. The van der Waals surface area contributed by atoms with Crippen LogP contribution in [-0.4, -0.2) is 52.3 Å². The number of carbonyl (C=O) groups is 2. The van der Waals surface area contributed by atoms with E-state index in [1.54, 1.807) is 12.1 Å². The van der Waals surface area contributed by atoms with Crippen LogP contribution in [-0.2, 0) is 28.8 Å². The minimum atomic E-state index is -4.41. The van der Waals surface area contributed by atoms with Gasteiger partial charge in [0.2, 0.25) is 0 Å². The monoisotopic (exact) mass is 514 g/mol. The zero-order chi connectivity index (χ0) is 26.7. The SMILES string of the molecule is COC(=O)[C@@H]1C[C@@H](NC(=O)c2ccc(Cn3nc(C)cc3C)cc2)CN1Cc1ccc(C(F)(F)F)cc1. The first kappa shape index (κ1) is 26.4. The molecule has 0 saturated carbocycles. The number of aromatic nitrogens is 2. The van der Waals surface area contributed by atoms with Crippen molar-refractivity contribution in [1.29, 1.82) is 0 Å². The molecule has 0 aliphatic carbocycles. The van der Waals surface area contributed by atoms with E-state index in [9.17, 15) is 22.8 Å². The Morgan fingerprint density at radius 1 is 1.03 bits per heavy atom. The van der Waals surface area contributed by atoms with Gasteiger partial charge in [0.25, 0.3) is 5.91 Å². The summed E-state index contributed by atoms with van der Waals surface area (Å²) in [6.07, 6.45) is -4.07. The number of benzene rings is 2. The van der Waals surface area contributed by atoms with Crippen LogP contribution in [0, 0.1) is 13.8 Å². The summed E-state index contributed by atoms with van der Waals surface area (Å²) in [5.41, 5.74) is 3.41. The fourth-order valence-corrected chi connectivity index (χ4v) is 4.64. The van der Waals surface area contributed by atoms with Gasteiger partial charge in [0, 0.05) is 30.4 Å². The Hall–Kier alpha value is -3.66. The van der Waals surface area contributed by atoms with Crippen LogP contribution >= 0.6 is 0 Å². The topological polar surface area (TPSA) is 76.5 Å². The molecule has 0 spiro atoms. The first-order valence-electron chi connectivity index (χ1n) is 11.9. The van der Waals surface area contributed by atoms with Gasteiger partial charge in [0.1, 0.15) is 6.04 Å². The fraction of sp³-hybridized carbons (Fsp3) is 0.370. The lowest BCUT2D eigenvalue weighted by Crippen LogP contribution is -2.37. The summed E-state index contributed by atoms with van der Waals surface area (Å²) in [6, 6.07) is 13.2. The van der Waals surface area contributed by atoms with Gasteiger partial charge >= 0.3 is 12.1 Å². The van der Waals surface area contributed by atoms with Gasteiger partial charge in [0.15, 0.2) is 0 Å². The van der Waals surface area contributed by atoms with Gasteiger partial charge in [-0.05, 0) is 61.7 Å². The lowest BCUT2D eigenvalue weighted by Gasteiger charge is -2.22. The van der Waals surface area contributed by atoms with Crippen molar-refractivity contribution in [3.63, 3.8) is 0 Å². The van der Waals surface area contributed by atoms with E-state index in [1.807, 2.05) is 41.6 Å². The highest BCUT2D eigenvalue weighted by Crippen LogP contribution is 2.30. The lowest BCUT2D eigenvalue weighted by atomic mass is 10.1. The molecule has 0 radical (unpaired) electrons. The van der Waals surface area contributed by atoms with Gasteiger partial charge in [-0.3, -0.25) is 19.2 Å². The maximum absolute atomic E-state index is 12.9. The molecule has 0 unspecified atom stereocenters. The smallest absolute Gasteiger partial charge is 0.416 e. The molecule has 2 aromatic carbocycles. The van der Waals surface area contributed by atoms with E-state index in [1.165, 1.54) is 19.2 Å². The molecule has 1 fully saturated rings. The minimum absolute atomic E-state index is 0.255. The van der Waals surface area contributed by atoms with Crippen LogP contribution in [0.1, 0.15) is 44.9 Å². The van der Waals surface area contributed by atoms with E-state index in [2.05, 4.69) is 10.4 Å². The quantitative estimate of drug-likeness (QED) is 0.481.